The summed E-state index contributed by atoms with van der Waals surface area (Å²) in [6.07, 6.45) is 0. The summed E-state index contributed by atoms with van der Waals surface area (Å²) in [4.78, 5) is 0. The minimum atomic E-state index is 0.0159. The van der Waals surface area contributed by atoms with Gasteiger partial charge in [0.2, 0.25) is 0 Å². The SMILES string of the molecule is CC(C)(C)[C@@]1(c2ccccc2)SS[C@](c2ccccc2)(C(C)(C)C)S1. The summed E-state index contributed by atoms with van der Waals surface area (Å²) in [5.41, 5.74) is 3.12. The van der Waals surface area contributed by atoms with Gasteiger partial charge in [-0.1, -0.05) is 124 Å². The summed E-state index contributed by atoms with van der Waals surface area (Å²) in [5, 5.41) is 0. The fourth-order valence-electron chi connectivity index (χ4n) is 3.31. The fraction of sp³-hybridized carbons (Fsp3) is 0.455. The second kappa shape index (κ2) is 6.58. The molecule has 1 fully saturated rings. The highest BCUT2D eigenvalue weighted by molar-refractivity contribution is 8.83. The summed E-state index contributed by atoms with van der Waals surface area (Å²) in [7, 11) is 4.12. The van der Waals surface area contributed by atoms with Crippen LogP contribution in [0.5, 0.6) is 0 Å². The maximum absolute atomic E-state index is 2.38. The molecule has 3 heteroatoms. The van der Waals surface area contributed by atoms with Crippen molar-refractivity contribution in [2.24, 2.45) is 10.8 Å². The van der Waals surface area contributed by atoms with Crippen molar-refractivity contribution in [3.05, 3.63) is 71.8 Å². The monoisotopic (exact) mass is 388 g/mol. The standard InChI is InChI=1S/C22H28S3/c1-19(2,3)21(17-13-9-7-10-14-17)23-22(25-24-21,20(4,5)6)18-15-11-8-12-16-18/h7-16H,1-6H3/t21-,22-/m1/s1. The third kappa shape index (κ3) is 3.17. The molecule has 0 N–H and O–H groups in total. The summed E-state index contributed by atoms with van der Waals surface area (Å²) in [6.45, 7) is 14.3. The maximum atomic E-state index is 2.38. The molecule has 1 aliphatic rings. The van der Waals surface area contributed by atoms with E-state index in [1.54, 1.807) is 0 Å². The topological polar surface area (TPSA) is 0 Å². The smallest absolute Gasteiger partial charge is 0.103 e. The normalized spacial score (nSPS) is 27.4. The van der Waals surface area contributed by atoms with Crippen molar-refractivity contribution in [3.63, 3.8) is 0 Å². The Bertz CT molecular complexity index is 649. The van der Waals surface area contributed by atoms with E-state index in [4.69, 9.17) is 0 Å². The summed E-state index contributed by atoms with van der Waals surface area (Å²) >= 11 is 2.15. The molecule has 0 spiro atoms. The molecule has 3 rings (SSSR count). The van der Waals surface area contributed by atoms with Crippen LogP contribution in [-0.4, -0.2) is 0 Å². The summed E-state index contributed by atoms with van der Waals surface area (Å²) in [6, 6.07) is 22.1. The van der Waals surface area contributed by atoms with Crippen molar-refractivity contribution < 1.29 is 0 Å². The minimum Gasteiger partial charge on any atom is -0.114 e. The lowest BCUT2D eigenvalue weighted by Crippen LogP contribution is -2.37. The molecule has 0 radical (unpaired) electrons. The fourth-order valence-corrected chi connectivity index (χ4v) is 11.2. The molecule has 2 aromatic carbocycles. The number of hydrogen-bond acceptors (Lipinski definition) is 3. The Morgan fingerprint density at radius 2 is 0.880 bits per heavy atom. The van der Waals surface area contributed by atoms with Gasteiger partial charge in [-0.3, -0.25) is 0 Å². The molecule has 0 aliphatic carbocycles. The molecule has 0 amide bonds. The largest absolute Gasteiger partial charge is 0.114 e. The van der Waals surface area contributed by atoms with E-state index in [1.807, 2.05) is 0 Å². The number of hydrogen-bond donors (Lipinski definition) is 0. The van der Waals surface area contributed by atoms with Crippen LogP contribution in [0.3, 0.4) is 0 Å². The first-order valence-electron chi connectivity index (χ1n) is 8.80. The van der Waals surface area contributed by atoms with Gasteiger partial charge in [-0.15, -0.1) is 11.8 Å². The van der Waals surface area contributed by atoms with E-state index in [0.717, 1.165) is 0 Å². The van der Waals surface area contributed by atoms with E-state index >= 15 is 0 Å². The van der Waals surface area contributed by atoms with E-state index in [2.05, 4.69) is 136 Å². The lowest BCUT2D eigenvalue weighted by molar-refractivity contribution is 0.353. The van der Waals surface area contributed by atoms with E-state index in [-0.39, 0.29) is 19.0 Å². The molecule has 0 unspecified atom stereocenters. The predicted molar refractivity (Wildman–Crippen MR) is 118 cm³/mol. The first-order valence-corrected chi connectivity index (χ1v) is 11.8. The minimum absolute atomic E-state index is 0.0159. The zero-order valence-electron chi connectivity index (χ0n) is 16.0. The third-order valence-corrected chi connectivity index (χ3v) is 12.7. The van der Waals surface area contributed by atoms with Crippen LogP contribution in [0.2, 0.25) is 0 Å². The molecule has 1 heterocycles. The zero-order valence-corrected chi connectivity index (χ0v) is 18.4. The Hall–Kier alpha value is -0.510. The molecular formula is C22H28S3. The molecule has 1 aliphatic heterocycles. The van der Waals surface area contributed by atoms with Gasteiger partial charge in [-0.05, 0) is 22.0 Å². The molecule has 2 aromatic rings. The van der Waals surface area contributed by atoms with Crippen molar-refractivity contribution in [1.29, 1.82) is 0 Å². The highest BCUT2D eigenvalue weighted by atomic mass is 33.1. The van der Waals surface area contributed by atoms with Crippen LogP contribution >= 0.6 is 33.3 Å². The highest BCUT2D eigenvalue weighted by Gasteiger charge is 2.61. The molecule has 1 saturated heterocycles. The van der Waals surface area contributed by atoms with Gasteiger partial charge >= 0.3 is 0 Å². The Morgan fingerprint density at radius 3 is 1.16 bits per heavy atom. The number of thioether (sulfide) groups is 1. The van der Waals surface area contributed by atoms with Crippen molar-refractivity contribution in [3.8, 4) is 0 Å². The second-order valence-electron chi connectivity index (χ2n) is 8.73. The lowest BCUT2D eigenvalue weighted by Gasteiger charge is -2.45. The van der Waals surface area contributed by atoms with Crippen LogP contribution in [0.4, 0.5) is 0 Å². The Kier molecular flexibility index (Phi) is 5.07. The van der Waals surface area contributed by atoms with Crippen molar-refractivity contribution in [2.45, 2.75) is 49.7 Å². The van der Waals surface area contributed by atoms with Gasteiger partial charge in [-0.2, -0.15) is 0 Å². The highest BCUT2D eigenvalue weighted by Crippen LogP contribution is 2.80. The van der Waals surface area contributed by atoms with Crippen molar-refractivity contribution in [2.75, 3.05) is 0 Å². The second-order valence-corrected chi connectivity index (χ2v) is 13.2. The van der Waals surface area contributed by atoms with E-state index in [1.165, 1.54) is 11.1 Å². The van der Waals surface area contributed by atoms with E-state index in [0.29, 0.717) is 0 Å². The van der Waals surface area contributed by atoms with Gasteiger partial charge in [0.05, 0.1) is 0 Å². The van der Waals surface area contributed by atoms with E-state index < -0.39 is 0 Å². The van der Waals surface area contributed by atoms with Gasteiger partial charge in [0, 0.05) is 0 Å². The van der Waals surface area contributed by atoms with Crippen LogP contribution in [0.15, 0.2) is 60.7 Å². The quantitative estimate of drug-likeness (QED) is 0.480. The molecule has 0 saturated carbocycles. The molecule has 0 aromatic heterocycles. The number of benzene rings is 2. The first-order chi connectivity index (χ1) is 11.6. The van der Waals surface area contributed by atoms with Crippen LogP contribution in [0, 0.1) is 10.8 Å². The molecule has 25 heavy (non-hydrogen) atoms. The van der Waals surface area contributed by atoms with Crippen LogP contribution < -0.4 is 0 Å². The lowest BCUT2D eigenvalue weighted by atomic mass is 9.85. The van der Waals surface area contributed by atoms with Gasteiger partial charge in [-0.25, -0.2) is 0 Å². The first kappa shape index (κ1) is 19.3. The van der Waals surface area contributed by atoms with Crippen LogP contribution in [-0.2, 0) is 8.16 Å². The summed E-state index contributed by atoms with van der Waals surface area (Å²) < 4.78 is 0.0318. The van der Waals surface area contributed by atoms with Gasteiger partial charge in [0.25, 0.3) is 0 Å². The Morgan fingerprint density at radius 1 is 0.560 bits per heavy atom. The Labute approximate surface area is 165 Å². The predicted octanol–water partition coefficient (Wildman–Crippen LogP) is 7.91. The van der Waals surface area contributed by atoms with E-state index in [9.17, 15) is 0 Å². The van der Waals surface area contributed by atoms with Crippen LogP contribution in [0.1, 0.15) is 52.7 Å². The van der Waals surface area contributed by atoms with Gasteiger partial charge in [0.1, 0.15) is 8.16 Å². The third-order valence-electron chi connectivity index (χ3n) is 4.85. The summed E-state index contributed by atoms with van der Waals surface area (Å²) in [5.74, 6) is 0. The molecule has 0 nitrogen and oxygen atoms in total. The van der Waals surface area contributed by atoms with Crippen LogP contribution in [0.25, 0.3) is 0 Å². The molecule has 0 bridgehead atoms. The molecular weight excluding hydrogens is 360 g/mol. The van der Waals surface area contributed by atoms with Crippen molar-refractivity contribution in [1.82, 2.24) is 0 Å². The maximum Gasteiger partial charge on any atom is 0.103 e. The Balaban J connectivity index is 2.18. The van der Waals surface area contributed by atoms with Gasteiger partial charge < -0.3 is 0 Å². The average molecular weight is 389 g/mol. The zero-order chi connectivity index (χ0) is 18.3. The van der Waals surface area contributed by atoms with Crippen molar-refractivity contribution >= 4 is 33.3 Å². The molecule has 134 valence electrons. The van der Waals surface area contributed by atoms with Gasteiger partial charge in [0.15, 0.2) is 0 Å². The molecule has 2 atom stereocenters. The number of rotatable bonds is 2. The average Bonchev–Trinajstić information content (AvgIpc) is 3.00.